The van der Waals surface area contributed by atoms with Crippen LogP contribution in [0.1, 0.15) is 17.2 Å². The largest absolute Gasteiger partial charge is 0.324 e. The van der Waals surface area contributed by atoms with Gasteiger partial charge in [0.25, 0.3) is 10.0 Å². The zero-order chi connectivity index (χ0) is 19.4. The molecule has 0 unspecified atom stereocenters. The number of carbonyl (C=O) groups is 1. The number of hydrogen-bond acceptors (Lipinski definition) is 4. The summed E-state index contributed by atoms with van der Waals surface area (Å²) in [4.78, 5) is 12.9. The van der Waals surface area contributed by atoms with E-state index in [2.05, 4.69) is 10.0 Å². The number of carbonyl (C=O) groups excluding carboxylic acids is 1. The van der Waals surface area contributed by atoms with E-state index in [1.165, 1.54) is 6.07 Å². The van der Waals surface area contributed by atoms with E-state index in [4.69, 9.17) is 11.6 Å². The lowest BCUT2D eigenvalue weighted by Gasteiger charge is -2.19. The first-order valence-corrected chi connectivity index (χ1v) is 10.8. The van der Waals surface area contributed by atoms with Gasteiger partial charge >= 0.3 is 0 Å². The molecule has 0 aliphatic carbocycles. The minimum Gasteiger partial charge on any atom is -0.324 e. The number of aryl methyl sites for hydroxylation is 1. The second-order valence-electron chi connectivity index (χ2n) is 5.85. The van der Waals surface area contributed by atoms with E-state index in [0.29, 0.717) is 16.3 Å². The fourth-order valence-corrected chi connectivity index (χ4v) is 4.85. The van der Waals surface area contributed by atoms with Crippen LogP contribution < -0.4 is 10.0 Å². The zero-order valence-electron chi connectivity index (χ0n) is 14.3. The van der Waals surface area contributed by atoms with Crippen molar-refractivity contribution in [1.29, 1.82) is 0 Å². The van der Waals surface area contributed by atoms with Gasteiger partial charge in [-0.1, -0.05) is 54.1 Å². The number of anilines is 1. The first-order valence-electron chi connectivity index (χ1n) is 8.04. The highest BCUT2D eigenvalue weighted by Gasteiger charge is 2.28. The lowest BCUT2D eigenvalue weighted by molar-refractivity contribution is -0.117. The van der Waals surface area contributed by atoms with Crippen LogP contribution in [-0.4, -0.2) is 14.3 Å². The first kappa shape index (κ1) is 19.6. The highest BCUT2D eigenvalue weighted by molar-refractivity contribution is 7.91. The van der Waals surface area contributed by atoms with Crippen LogP contribution in [0.3, 0.4) is 0 Å². The fourth-order valence-electron chi connectivity index (χ4n) is 2.48. The van der Waals surface area contributed by atoms with Crippen molar-refractivity contribution in [1.82, 2.24) is 4.72 Å². The molecule has 0 fully saturated rings. The third-order valence-corrected chi connectivity index (χ3v) is 6.94. The molecule has 3 rings (SSSR count). The lowest BCUT2D eigenvalue weighted by Crippen LogP contribution is -2.36. The van der Waals surface area contributed by atoms with Gasteiger partial charge < -0.3 is 5.32 Å². The van der Waals surface area contributed by atoms with Crippen molar-refractivity contribution in [2.24, 2.45) is 0 Å². The van der Waals surface area contributed by atoms with E-state index in [1.54, 1.807) is 60.0 Å². The molecular formula is C19H17ClN2O3S2. The smallest absolute Gasteiger partial charge is 0.251 e. The maximum Gasteiger partial charge on any atom is 0.251 e. The summed E-state index contributed by atoms with van der Waals surface area (Å²) in [7, 11) is -3.84. The topological polar surface area (TPSA) is 75.3 Å². The molecule has 0 aliphatic heterocycles. The van der Waals surface area contributed by atoms with Crippen LogP contribution in [-0.2, 0) is 14.8 Å². The van der Waals surface area contributed by atoms with Crippen LogP contribution in [0.15, 0.2) is 70.3 Å². The monoisotopic (exact) mass is 420 g/mol. The van der Waals surface area contributed by atoms with Gasteiger partial charge in [-0.2, -0.15) is 4.72 Å². The molecule has 1 aromatic heterocycles. The van der Waals surface area contributed by atoms with Gasteiger partial charge in [0.2, 0.25) is 5.91 Å². The highest BCUT2D eigenvalue weighted by Crippen LogP contribution is 2.24. The zero-order valence-corrected chi connectivity index (χ0v) is 16.7. The quantitative estimate of drug-likeness (QED) is 0.621. The van der Waals surface area contributed by atoms with E-state index in [1.807, 2.05) is 6.92 Å². The number of rotatable bonds is 6. The lowest BCUT2D eigenvalue weighted by atomic mass is 10.1. The molecule has 2 aromatic carbocycles. The molecular weight excluding hydrogens is 404 g/mol. The number of sulfonamides is 1. The predicted octanol–water partition coefficient (Wildman–Crippen LogP) is 4.37. The molecule has 0 radical (unpaired) electrons. The van der Waals surface area contributed by atoms with E-state index in [-0.39, 0.29) is 4.21 Å². The number of benzene rings is 2. The van der Waals surface area contributed by atoms with Crippen LogP contribution >= 0.6 is 22.9 Å². The summed E-state index contributed by atoms with van der Waals surface area (Å²) < 4.78 is 28.0. The Morgan fingerprint density at radius 1 is 1.07 bits per heavy atom. The third kappa shape index (κ3) is 4.75. The number of nitrogens with one attached hydrogen (secondary N) is 2. The molecule has 0 bridgehead atoms. The molecule has 1 amide bonds. The summed E-state index contributed by atoms with van der Waals surface area (Å²) in [6.07, 6.45) is 0. The minimum absolute atomic E-state index is 0.148. The maximum absolute atomic E-state index is 12.9. The number of amides is 1. The van der Waals surface area contributed by atoms with Gasteiger partial charge in [-0.05, 0) is 41.6 Å². The van der Waals surface area contributed by atoms with Crippen molar-refractivity contribution in [3.63, 3.8) is 0 Å². The van der Waals surface area contributed by atoms with Crippen molar-refractivity contribution >= 4 is 44.6 Å². The second-order valence-corrected chi connectivity index (χ2v) is 9.17. The molecule has 1 atom stereocenters. The van der Waals surface area contributed by atoms with Gasteiger partial charge in [0, 0.05) is 10.7 Å². The summed E-state index contributed by atoms with van der Waals surface area (Å²) in [6, 6.07) is 15.9. The standard InChI is InChI=1S/C19H17ClN2O3S2/c1-13-9-10-15(20)12-16(13)21-19(23)18(14-6-3-2-4-7-14)22-27(24,25)17-8-5-11-26-17/h2-12,18,22H,1H3,(H,21,23)/t18-/m1/s1. The fraction of sp³-hybridized carbons (Fsp3) is 0.105. The van der Waals surface area contributed by atoms with Crippen molar-refractivity contribution < 1.29 is 13.2 Å². The summed E-state index contributed by atoms with van der Waals surface area (Å²) in [5.74, 6) is -0.494. The average molecular weight is 421 g/mol. The molecule has 0 spiro atoms. The summed E-state index contributed by atoms with van der Waals surface area (Å²) >= 11 is 7.10. The number of hydrogen-bond donors (Lipinski definition) is 2. The van der Waals surface area contributed by atoms with Crippen molar-refractivity contribution in [3.8, 4) is 0 Å². The summed E-state index contributed by atoms with van der Waals surface area (Å²) in [5.41, 5.74) is 1.89. The molecule has 0 saturated heterocycles. The molecule has 0 aliphatic rings. The average Bonchev–Trinajstić information content (AvgIpc) is 3.19. The molecule has 5 nitrogen and oxygen atoms in total. The van der Waals surface area contributed by atoms with Crippen LogP contribution in [0.25, 0.3) is 0 Å². The first-order chi connectivity index (χ1) is 12.9. The van der Waals surface area contributed by atoms with E-state index in [9.17, 15) is 13.2 Å². The highest BCUT2D eigenvalue weighted by atomic mass is 35.5. The Labute approximate surface area is 167 Å². The van der Waals surface area contributed by atoms with Gasteiger partial charge in [0.15, 0.2) is 0 Å². The van der Waals surface area contributed by atoms with Gasteiger partial charge in [-0.25, -0.2) is 8.42 Å². The Kier molecular flexibility index (Phi) is 5.96. The van der Waals surface area contributed by atoms with Crippen LogP contribution in [0.4, 0.5) is 5.69 Å². The molecule has 8 heteroatoms. The van der Waals surface area contributed by atoms with Crippen LogP contribution in [0.2, 0.25) is 5.02 Å². The maximum atomic E-state index is 12.9. The molecule has 140 valence electrons. The minimum atomic E-state index is -3.84. The Balaban J connectivity index is 1.93. The number of thiophene rings is 1. The third-order valence-electron chi connectivity index (χ3n) is 3.89. The van der Waals surface area contributed by atoms with Crippen molar-refractivity contribution in [3.05, 3.63) is 82.2 Å². The Hall–Kier alpha value is -2.19. The van der Waals surface area contributed by atoms with E-state index in [0.717, 1.165) is 16.9 Å². The van der Waals surface area contributed by atoms with E-state index >= 15 is 0 Å². The van der Waals surface area contributed by atoms with Crippen LogP contribution in [0, 0.1) is 6.92 Å². The van der Waals surface area contributed by atoms with Crippen molar-refractivity contribution in [2.45, 2.75) is 17.2 Å². The Morgan fingerprint density at radius 3 is 2.48 bits per heavy atom. The van der Waals surface area contributed by atoms with E-state index < -0.39 is 22.0 Å². The normalized spacial score (nSPS) is 12.5. The predicted molar refractivity (Wildman–Crippen MR) is 109 cm³/mol. The second kappa shape index (κ2) is 8.22. The molecule has 27 heavy (non-hydrogen) atoms. The number of halogens is 1. The van der Waals surface area contributed by atoms with Gasteiger partial charge in [0.1, 0.15) is 10.3 Å². The Morgan fingerprint density at radius 2 is 1.81 bits per heavy atom. The van der Waals surface area contributed by atoms with Crippen LogP contribution in [0.5, 0.6) is 0 Å². The molecule has 0 saturated carbocycles. The van der Waals surface area contributed by atoms with Crippen molar-refractivity contribution in [2.75, 3.05) is 5.32 Å². The molecule has 3 aromatic rings. The van der Waals surface area contributed by atoms with Gasteiger partial charge in [0.05, 0.1) is 0 Å². The summed E-state index contributed by atoms with van der Waals surface area (Å²) in [6.45, 7) is 1.83. The Bertz CT molecular complexity index is 1040. The molecule has 2 N–H and O–H groups in total. The van der Waals surface area contributed by atoms with Gasteiger partial charge in [-0.15, -0.1) is 11.3 Å². The molecule has 1 heterocycles. The SMILES string of the molecule is Cc1ccc(Cl)cc1NC(=O)[C@H](NS(=O)(=O)c1cccs1)c1ccccc1. The summed E-state index contributed by atoms with van der Waals surface area (Å²) in [5, 5.41) is 4.92. The van der Waals surface area contributed by atoms with Gasteiger partial charge in [-0.3, -0.25) is 4.79 Å².